The molecule has 0 amide bonds. The maximum atomic E-state index is 6.00. The number of rotatable bonds is 4. The Kier molecular flexibility index (Phi) is 4.24. The van der Waals surface area contributed by atoms with Gasteiger partial charge in [0.25, 0.3) is 0 Å². The standard InChI is InChI=1S/C15H16ClNO/c1-11-9-13(7-8-14(11)16)18-15-6-4-3-5-12(15)10-17-2/h3-9,17H,10H2,1-2H3. The van der Waals surface area contributed by atoms with Crippen LogP contribution in [0.5, 0.6) is 11.5 Å². The Morgan fingerprint density at radius 3 is 2.67 bits per heavy atom. The fourth-order valence-corrected chi connectivity index (χ4v) is 1.87. The first-order chi connectivity index (χ1) is 8.70. The van der Waals surface area contributed by atoms with E-state index in [2.05, 4.69) is 11.4 Å². The molecule has 94 valence electrons. The van der Waals surface area contributed by atoms with Crippen LogP contribution in [-0.4, -0.2) is 7.05 Å². The molecule has 2 rings (SSSR count). The summed E-state index contributed by atoms with van der Waals surface area (Å²) in [6, 6.07) is 13.7. The van der Waals surface area contributed by atoms with E-state index >= 15 is 0 Å². The van der Waals surface area contributed by atoms with Crippen LogP contribution < -0.4 is 10.1 Å². The number of hydrogen-bond donors (Lipinski definition) is 1. The third kappa shape index (κ3) is 3.03. The lowest BCUT2D eigenvalue weighted by atomic mass is 10.2. The van der Waals surface area contributed by atoms with E-state index in [0.29, 0.717) is 0 Å². The lowest BCUT2D eigenvalue weighted by Gasteiger charge is -2.11. The third-order valence-electron chi connectivity index (χ3n) is 2.70. The molecule has 0 aliphatic carbocycles. The second-order valence-corrected chi connectivity index (χ2v) is 4.56. The summed E-state index contributed by atoms with van der Waals surface area (Å²) in [5.74, 6) is 1.68. The van der Waals surface area contributed by atoms with Crippen LogP contribution in [-0.2, 0) is 6.54 Å². The SMILES string of the molecule is CNCc1ccccc1Oc1ccc(Cl)c(C)c1. The molecule has 0 saturated carbocycles. The average molecular weight is 262 g/mol. The van der Waals surface area contributed by atoms with Crippen LogP contribution in [0.1, 0.15) is 11.1 Å². The van der Waals surface area contributed by atoms with Gasteiger partial charge in [0.2, 0.25) is 0 Å². The number of hydrogen-bond acceptors (Lipinski definition) is 2. The highest BCUT2D eigenvalue weighted by atomic mass is 35.5. The van der Waals surface area contributed by atoms with E-state index < -0.39 is 0 Å². The van der Waals surface area contributed by atoms with Gasteiger partial charge in [0.15, 0.2) is 0 Å². The largest absolute Gasteiger partial charge is 0.457 e. The molecule has 0 aliphatic rings. The Morgan fingerprint density at radius 2 is 1.94 bits per heavy atom. The summed E-state index contributed by atoms with van der Waals surface area (Å²) >= 11 is 6.00. The van der Waals surface area contributed by atoms with Crippen LogP contribution in [0, 0.1) is 6.92 Å². The van der Waals surface area contributed by atoms with Gasteiger partial charge in [-0.15, -0.1) is 0 Å². The number of nitrogens with one attached hydrogen (secondary N) is 1. The van der Waals surface area contributed by atoms with Crippen LogP contribution in [0.3, 0.4) is 0 Å². The van der Waals surface area contributed by atoms with E-state index in [1.165, 1.54) is 0 Å². The summed E-state index contributed by atoms with van der Waals surface area (Å²) in [5.41, 5.74) is 2.15. The molecule has 3 heteroatoms. The van der Waals surface area contributed by atoms with Gasteiger partial charge < -0.3 is 10.1 Å². The van der Waals surface area contributed by atoms with Crippen molar-refractivity contribution in [3.05, 3.63) is 58.6 Å². The quantitative estimate of drug-likeness (QED) is 0.892. The fraction of sp³-hybridized carbons (Fsp3) is 0.200. The van der Waals surface area contributed by atoms with Crippen molar-refractivity contribution in [1.82, 2.24) is 5.32 Å². The molecule has 2 aromatic rings. The first-order valence-electron chi connectivity index (χ1n) is 5.87. The highest BCUT2D eigenvalue weighted by molar-refractivity contribution is 6.31. The van der Waals surface area contributed by atoms with Crippen LogP contribution in [0.2, 0.25) is 5.02 Å². The number of aryl methyl sites for hydroxylation is 1. The van der Waals surface area contributed by atoms with Gasteiger partial charge in [0.05, 0.1) is 0 Å². The van der Waals surface area contributed by atoms with E-state index in [0.717, 1.165) is 34.2 Å². The van der Waals surface area contributed by atoms with Crippen molar-refractivity contribution >= 4 is 11.6 Å². The second-order valence-electron chi connectivity index (χ2n) is 4.15. The summed E-state index contributed by atoms with van der Waals surface area (Å²) in [7, 11) is 1.92. The Morgan fingerprint density at radius 1 is 1.17 bits per heavy atom. The minimum Gasteiger partial charge on any atom is -0.457 e. The fourth-order valence-electron chi connectivity index (χ4n) is 1.75. The molecule has 0 aromatic heterocycles. The molecular weight excluding hydrogens is 246 g/mol. The van der Waals surface area contributed by atoms with Gasteiger partial charge in [-0.05, 0) is 43.8 Å². The zero-order chi connectivity index (χ0) is 13.0. The van der Waals surface area contributed by atoms with E-state index in [1.54, 1.807) is 0 Å². The van der Waals surface area contributed by atoms with Crippen molar-refractivity contribution in [3.63, 3.8) is 0 Å². The van der Waals surface area contributed by atoms with Crippen LogP contribution in [0.25, 0.3) is 0 Å². The smallest absolute Gasteiger partial charge is 0.131 e. The van der Waals surface area contributed by atoms with Crippen molar-refractivity contribution in [2.45, 2.75) is 13.5 Å². The van der Waals surface area contributed by atoms with Gasteiger partial charge >= 0.3 is 0 Å². The summed E-state index contributed by atoms with van der Waals surface area (Å²) in [4.78, 5) is 0. The van der Waals surface area contributed by atoms with Gasteiger partial charge in [-0.2, -0.15) is 0 Å². The third-order valence-corrected chi connectivity index (χ3v) is 3.12. The van der Waals surface area contributed by atoms with Crippen molar-refractivity contribution in [2.75, 3.05) is 7.05 Å². The highest BCUT2D eigenvalue weighted by Gasteiger charge is 2.04. The molecule has 0 bridgehead atoms. The number of para-hydroxylation sites is 1. The second kappa shape index (κ2) is 5.89. The Labute approximate surface area is 113 Å². The first-order valence-corrected chi connectivity index (χ1v) is 6.25. The minimum absolute atomic E-state index is 0.755. The van der Waals surface area contributed by atoms with E-state index in [9.17, 15) is 0 Å². The van der Waals surface area contributed by atoms with Crippen molar-refractivity contribution in [3.8, 4) is 11.5 Å². The van der Waals surface area contributed by atoms with E-state index in [1.807, 2.05) is 50.4 Å². The van der Waals surface area contributed by atoms with Gasteiger partial charge in [0, 0.05) is 17.1 Å². The summed E-state index contributed by atoms with van der Waals surface area (Å²) in [6.45, 7) is 2.75. The van der Waals surface area contributed by atoms with Crippen LogP contribution in [0.4, 0.5) is 0 Å². The molecule has 0 unspecified atom stereocenters. The molecule has 0 aliphatic heterocycles. The predicted octanol–water partition coefficient (Wildman–Crippen LogP) is 4.16. The monoisotopic (exact) mass is 261 g/mol. The lowest BCUT2D eigenvalue weighted by Crippen LogP contribution is -2.06. The number of ether oxygens (including phenoxy) is 1. The Hall–Kier alpha value is -1.51. The molecule has 18 heavy (non-hydrogen) atoms. The van der Waals surface area contributed by atoms with Crippen molar-refractivity contribution in [1.29, 1.82) is 0 Å². The van der Waals surface area contributed by atoms with Gasteiger partial charge in [-0.3, -0.25) is 0 Å². The number of halogens is 1. The predicted molar refractivity (Wildman–Crippen MR) is 75.5 cm³/mol. The zero-order valence-corrected chi connectivity index (χ0v) is 11.3. The summed E-state index contributed by atoms with van der Waals surface area (Å²) < 4.78 is 5.90. The molecule has 0 atom stereocenters. The molecule has 0 saturated heterocycles. The maximum Gasteiger partial charge on any atom is 0.131 e. The van der Waals surface area contributed by atoms with Crippen LogP contribution >= 0.6 is 11.6 Å². The molecular formula is C15H16ClNO. The molecule has 0 spiro atoms. The number of benzene rings is 2. The minimum atomic E-state index is 0.755. The highest BCUT2D eigenvalue weighted by Crippen LogP contribution is 2.28. The maximum absolute atomic E-state index is 6.00. The van der Waals surface area contributed by atoms with Gasteiger partial charge in [-0.25, -0.2) is 0 Å². The van der Waals surface area contributed by atoms with E-state index in [4.69, 9.17) is 16.3 Å². The molecule has 0 fully saturated rings. The van der Waals surface area contributed by atoms with E-state index in [-0.39, 0.29) is 0 Å². The Balaban J connectivity index is 2.25. The topological polar surface area (TPSA) is 21.3 Å². The zero-order valence-electron chi connectivity index (χ0n) is 10.5. The molecule has 1 N–H and O–H groups in total. The molecule has 2 aromatic carbocycles. The lowest BCUT2D eigenvalue weighted by molar-refractivity contribution is 0.474. The molecule has 0 radical (unpaired) electrons. The summed E-state index contributed by atoms with van der Waals surface area (Å²) in [6.07, 6.45) is 0. The Bertz CT molecular complexity index is 540. The van der Waals surface area contributed by atoms with Gasteiger partial charge in [0.1, 0.15) is 11.5 Å². The van der Waals surface area contributed by atoms with Gasteiger partial charge in [-0.1, -0.05) is 29.8 Å². The summed E-state index contributed by atoms with van der Waals surface area (Å²) in [5, 5.41) is 3.88. The van der Waals surface area contributed by atoms with Crippen molar-refractivity contribution in [2.24, 2.45) is 0 Å². The normalized spacial score (nSPS) is 10.4. The molecule has 0 heterocycles. The first kappa shape index (κ1) is 12.9. The van der Waals surface area contributed by atoms with Crippen molar-refractivity contribution < 1.29 is 4.74 Å². The van der Waals surface area contributed by atoms with Crippen LogP contribution in [0.15, 0.2) is 42.5 Å². The molecule has 2 nitrogen and oxygen atoms in total. The average Bonchev–Trinajstić information content (AvgIpc) is 2.37.